The second kappa shape index (κ2) is 5.31. The van der Waals surface area contributed by atoms with Crippen LogP contribution in [0.25, 0.3) is 0 Å². The van der Waals surface area contributed by atoms with E-state index in [9.17, 15) is 0 Å². The van der Waals surface area contributed by atoms with Gasteiger partial charge in [-0.3, -0.25) is 4.90 Å². The number of nitrogens with zero attached hydrogens (tertiary/aromatic N) is 1. The van der Waals surface area contributed by atoms with Crippen LogP contribution in [0.3, 0.4) is 0 Å². The molecule has 2 aliphatic rings. The van der Waals surface area contributed by atoms with Crippen LogP contribution in [-0.4, -0.2) is 36.6 Å². The molecule has 88 valence electrons. The van der Waals surface area contributed by atoms with Gasteiger partial charge in [-0.15, -0.1) is 0 Å². The van der Waals surface area contributed by atoms with E-state index in [1.54, 1.807) is 0 Å². The maximum Gasteiger partial charge on any atom is 0.0195 e. The van der Waals surface area contributed by atoms with E-state index in [4.69, 9.17) is 0 Å². The highest BCUT2D eigenvalue weighted by molar-refractivity contribution is 4.97. The number of nitrogens with one attached hydrogen (secondary N) is 1. The molecular formula is C13H26N2. The summed E-state index contributed by atoms with van der Waals surface area (Å²) in [6, 6.07) is 1.72. The molecule has 2 rings (SSSR count). The zero-order valence-corrected chi connectivity index (χ0v) is 10.3. The standard InChI is InChI=1S/C13H26N2/c1-3-6-11-9-13(11)15-8-5-7-12(10-15)14-4-2/h11-14H,3-10H2,1-2H3. The highest BCUT2D eigenvalue weighted by Crippen LogP contribution is 2.40. The Hall–Kier alpha value is -0.0800. The summed E-state index contributed by atoms with van der Waals surface area (Å²) in [5.41, 5.74) is 0. The monoisotopic (exact) mass is 210 g/mol. The third kappa shape index (κ3) is 2.94. The van der Waals surface area contributed by atoms with Gasteiger partial charge >= 0.3 is 0 Å². The number of piperidine rings is 1. The fraction of sp³-hybridized carbons (Fsp3) is 1.00. The maximum atomic E-state index is 3.60. The van der Waals surface area contributed by atoms with Crippen LogP contribution in [0.2, 0.25) is 0 Å². The van der Waals surface area contributed by atoms with Crippen molar-refractivity contribution in [2.24, 2.45) is 5.92 Å². The predicted molar refractivity (Wildman–Crippen MR) is 65.1 cm³/mol. The molecule has 0 bridgehead atoms. The Bertz CT molecular complexity index is 191. The Morgan fingerprint density at radius 1 is 1.33 bits per heavy atom. The second-order valence-electron chi connectivity index (χ2n) is 5.24. The minimum Gasteiger partial charge on any atom is -0.313 e. The Morgan fingerprint density at radius 2 is 2.20 bits per heavy atom. The summed E-state index contributed by atoms with van der Waals surface area (Å²) >= 11 is 0. The van der Waals surface area contributed by atoms with E-state index >= 15 is 0 Å². The lowest BCUT2D eigenvalue weighted by molar-refractivity contribution is 0.175. The Labute approximate surface area is 94.4 Å². The van der Waals surface area contributed by atoms with Crippen LogP contribution < -0.4 is 5.32 Å². The predicted octanol–water partition coefficient (Wildman–Crippen LogP) is 2.25. The van der Waals surface area contributed by atoms with Crippen molar-refractivity contribution in [2.75, 3.05) is 19.6 Å². The molecule has 1 N–H and O–H groups in total. The van der Waals surface area contributed by atoms with Gasteiger partial charge in [-0.25, -0.2) is 0 Å². The van der Waals surface area contributed by atoms with Crippen LogP contribution >= 0.6 is 0 Å². The zero-order chi connectivity index (χ0) is 10.7. The molecule has 3 atom stereocenters. The van der Waals surface area contributed by atoms with Crippen LogP contribution in [0.4, 0.5) is 0 Å². The summed E-state index contributed by atoms with van der Waals surface area (Å²) in [7, 11) is 0. The lowest BCUT2D eigenvalue weighted by Gasteiger charge is -2.33. The number of hydrogen-bond donors (Lipinski definition) is 1. The minimum atomic E-state index is 0.770. The largest absolute Gasteiger partial charge is 0.313 e. The van der Waals surface area contributed by atoms with Crippen LogP contribution in [-0.2, 0) is 0 Å². The third-order valence-electron chi connectivity index (χ3n) is 3.96. The van der Waals surface area contributed by atoms with Crippen molar-refractivity contribution in [1.82, 2.24) is 10.2 Å². The SMILES string of the molecule is CCCC1CC1N1CCCC(NCC)C1. The molecule has 1 aliphatic heterocycles. The molecule has 15 heavy (non-hydrogen) atoms. The van der Waals surface area contributed by atoms with Crippen molar-refractivity contribution < 1.29 is 0 Å². The average molecular weight is 210 g/mol. The van der Waals surface area contributed by atoms with Gasteiger partial charge in [0.15, 0.2) is 0 Å². The molecule has 0 aromatic rings. The third-order valence-corrected chi connectivity index (χ3v) is 3.96. The molecule has 3 unspecified atom stereocenters. The molecule has 1 saturated carbocycles. The molecule has 2 fully saturated rings. The molecule has 1 saturated heterocycles. The molecule has 0 amide bonds. The first-order chi connectivity index (χ1) is 7.35. The van der Waals surface area contributed by atoms with Gasteiger partial charge < -0.3 is 5.32 Å². The molecule has 2 heteroatoms. The van der Waals surface area contributed by atoms with Crippen molar-refractivity contribution in [2.45, 2.75) is 58.0 Å². The molecular weight excluding hydrogens is 184 g/mol. The first-order valence-corrected chi connectivity index (χ1v) is 6.82. The normalized spacial score (nSPS) is 36.8. The maximum absolute atomic E-state index is 3.60. The Kier molecular flexibility index (Phi) is 4.04. The summed E-state index contributed by atoms with van der Waals surface area (Å²) < 4.78 is 0. The van der Waals surface area contributed by atoms with Crippen molar-refractivity contribution in [3.63, 3.8) is 0 Å². The smallest absolute Gasteiger partial charge is 0.0195 e. The summed E-state index contributed by atoms with van der Waals surface area (Å²) in [5.74, 6) is 1.04. The topological polar surface area (TPSA) is 15.3 Å². The fourth-order valence-electron chi connectivity index (χ4n) is 3.12. The highest BCUT2D eigenvalue weighted by Gasteiger charge is 2.41. The lowest BCUT2D eigenvalue weighted by atomic mass is 10.1. The van der Waals surface area contributed by atoms with Gasteiger partial charge in [0.1, 0.15) is 0 Å². The highest BCUT2D eigenvalue weighted by atomic mass is 15.2. The quantitative estimate of drug-likeness (QED) is 0.749. The fourth-order valence-corrected chi connectivity index (χ4v) is 3.12. The van der Waals surface area contributed by atoms with Crippen LogP contribution in [0.1, 0.15) is 46.0 Å². The average Bonchev–Trinajstić information content (AvgIpc) is 2.99. The van der Waals surface area contributed by atoms with Gasteiger partial charge in [0.05, 0.1) is 0 Å². The lowest BCUT2D eigenvalue weighted by Crippen LogP contribution is -2.46. The zero-order valence-electron chi connectivity index (χ0n) is 10.3. The summed E-state index contributed by atoms with van der Waals surface area (Å²) in [6.07, 6.45) is 7.08. The molecule has 0 radical (unpaired) electrons. The van der Waals surface area contributed by atoms with E-state index in [2.05, 4.69) is 24.1 Å². The second-order valence-corrected chi connectivity index (χ2v) is 5.24. The summed E-state index contributed by atoms with van der Waals surface area (Å²) in [5, 5.41) is 3.60. The van der Waals surface area contributed by atoms with Gasteiger partial charge in [0.25, 0.3) is 0 Å². The van der Waals surface area contributed by atoms with E-state index in [0.29, 0.717) is 0 Å². The first-order valence-electron chi connectivity index (χ1n) is 6.82. The van der Waals surface area contributed by atoms with Gasteiger partial charge in [0.2, 0.25) is 0 Å². The Morgan fingerprint density at radius 3 is 2.93 bits per heavy atom. The molecule has 1 aliphatic carbocycles. The van der Waals surface area contributed by atoms with Crippen LogP contribution in [0, 0.1) is 5.92 Å². The number of likely N-dealkylation sites (tertiary alicyclic amines) is 1. The number of likely N-dealkylation sites (N-methyl/N-ethyl adjacent to an activating group) is 1. The van der Waals surface area contributed by atoms with E-state index in [-0.39, 0.29) is 0 Å². The first kappa shape index (κ1) is 11.4. The molecule has 1 heterocycles. The van der Waals surface area contributed by atoms with E-state index < -0.39 is 0 Å². The van der Waals surface area contributed by atoms with Crippen molar-refractivity contribution >= 4 is 0 Å². The summed E-state index contributed by atoms with van der Waals surface area (Å²) in [6.45, 7) is 8.32. The number of rotatable bonds is 5. The van der Waals surface area contributed by atoms with Crippen molar-refractivity contribution in [1.29, 1.82) is 0 Å². The molecule has 0 aromatic carbocycles. The Balaban J connectivity index is 1.74. The molecule has 2 nitrogen and oxygen atoms in total. The van der Waals surface area contributed by atoms with E-state index in [0.717, 1.165) is 24.5 Å². The van der Waals surface area contributed by atoms with Crippen molar-refractivity contribution in [3.05, 3.63) is 0 Å². The van der Waals surface area contributed by atoms with Gasteiger partial charge in [0, 0.05) is 18.6 Å². The van der Waals surface area contributed by atoms with Gasteiger partial charge in [-0.1, -0.05) is 20.3 Å². The van der Waals surface area contributed by atoms with E-state index in [1.807, 2.05) is 0 Å². The van der Waals surface area contributed by atoms with Gasteiger partial charge in [-0.05, 0) is 44.7 Å². The molecule has 0 spiro atoms. The van der Waals surface area contributed by atoms with Crippen molar-refractivity contribution in [3.8, 4) is 0 Å². The van der Waals surface area contributed by atoms with Crippen LogP contribution in [0.5, 0.6) is 0 Å². The number of hydrogen-bond acceptors (Lipinski definition) is 2. The van der Waals surface area contributed by atoms with E-state index in [1.165, 1.54) is 45.2 Å². The van der Waals surface area contributed by atoms with Crippen LogP contribution in [0.15, 0.2) is 0 Å². The van der Waals surface area contributed by atoms with Gasteiger partial charge in [-0.2, -0.15) is 0 Å². The minimum absolute atomic E-state index is 0.770. The molecule has 0 aromatic heterocycles. The summed E-state index contributed by atoms with van der Waals surface area (Å²) in [4.78, 5) is 2.75.